The molecular formula is C17H25NO4. The van der Waals surface area contributed by atoms with Gasteiger partial charge in [0.05, 0.1) is 17.8 Å². The van der Waals surface area contributed by atoms with Crippen LogP contribution in [0.5, 0.6) is 5.75 Å². The first kappa shape index (κ1) is 16.9. The van der Waals surface area contributed by atoms with Gasteiger partial charge in [-0.05, 0) is 32.9 Å². The van der Waals surface area contributed by atoms with E-state index in [0.29, 0.717) is 17.9 Å². The lowest BCUT2D eigenvalue weighted by molar-refractivity contribution is -0.0787. The van der Waals surface area contributed by atoms with Gasteiger partial charge in [-0.15, -0.1) is 0 Å². The SMILES string of the molecule is CC(=O)c1ccccc1OC[C@@H](O)CN1C[C@@H](C)O[C@H](C)C1. The van der Waals surface area contributed by atoms with Crippen LogP contribution >= 0.6 is 0 Å². The highest BCUT2D eigenvalue weighted by atomic mass is 16.5. The number of benzene rings is 1. The molecule has 0 spiro atoms. The predicted octanol–water partition coefficient (Wildman–Crippen LogP) is 1.74. The Morgan fingerprint density at radius 2 is 2.00 bits per heavy atom. The van der Waals surface area contributed by atoms with Crippen molar-refractivity contribution in [2.45, 2.75) is 39.1 Å². The van der Waals surface area contributed by atoms with Crippen molar-refractivity contribution >= 4 is 5.78 Å². The highest BCUT2D eigenvalue weighted by Crippen LogP contribution is 2.19. The highest BCUT2D eigenvalue weighted by Gasteiger charge is 2.24. The largest absolute Gasteiger partial charge is 0.490 e. The fourth-order valence-electron chi connectivity index (χ4n) is 2.85. The van der Waals surface area contributed by atoms with Crippen molar-refractivity contribution < 1.29 is 19.4 Å². The Hall–Kier alpha value is -1.43. The maximum atomic E-state index is 11.5. The first-order chi connectivity index (χ1) is 10.5. The Balaban J connectivity index is 1.85. The number of aliphatic hydroxyl groups is 1. The van der Waals surface area contributed by atoms with Crippen molar-refractivity contribution in [1.29, 1.82) is 0 Å². The van der Waals surface area contributed by atoms with E-state index in [0.717, 1.165) is 13.1 Å². The smallest absolute Gasteiger partial charge is 0.163 e. The number of Topliss-reactive ketones (excluding diaryl/α,β-unsaturated/α-hetero) is 1. The summed E-state index contributed by atoms with van der Waals surface area (Å²) in [7, 11) is 0. The number of ether oxygens (including phenoxy) is 2. The zero-order chi connectivity index (χ0) is 16.1. The molecule has 22 heavy (non-hydrogen) atoms. The number of ketones is 1. The van der Waals surface area contributed by atoms with Crippen molar-refractivity contribution in [1.82, 2.24) is 4.90 Å². The number of β-amino-alcohol motifs (C(OH)–C–C–N with tert-alkyl or cyclic N) is 1. The standard InChI is InChI=1S/C17H25NO4/c1-12-8-18(9-13(2)22-12)10-15(20)11-21-17-7-5-4-6-16(17)14(3)19/h4-7,12-13,15,20H,8-11H2,1-3H3/t12-,13-,15+/m1/s1. The summed E-state index contributed by atoms with van der Waals surface area (Å²) in [5, 5.41) is 10.2. The van der Waals surface area contributed by atoms with Crippen LogP contribution in [0.15, 0.2) is 24.3 Å². The molecule has 2 rings (SSSR count). The van der Waals surface area contributed by atoms with E-state index >= 15 is 0 Å². The lowest BCUT2D eigenvalue weighted by Gasteiger charge is -2.36. The molecule has 1 fully saturated rings. The fourth-order valence-corrected chi connectivity index (χ4v) is 2.85. The van der Waals surface area contributed by atoms with Crippen molar-refractivity contribution in [2.24, 2.45) is 0 Å². The van der Waals surface area contributed by atoms with Gasteiger partial charge in [0.15, 0.2) is 5.78 Å². The van der Waals surface area contributed by atoms with Crippen molar-refractivity contribution in [3.8, 4) is 5.75 Å². The monoisotopic (exact) mass is 307 g/mol. The van der Waals surface area contributed by atoms with Gasteiger partial charge in [0.2, 0.25) is 0 Å². The molecule has 0 saturated carbocycles. The second-order valence-corrected chi connectivity index (χ2v) is 5.99. The molecule has 0 aromatic heterocycles. The Morgan fingerprint density at radius 3 is 2.64 bits per heavy atom. The summed E-state index contributed by atoms with van der Waals surface area (Å²) >= 11 is 0. The van der Waals surface area contributed by atoms with Crippen LogP contribution in [0.2, 0.25) is 0 Å². The molecule has 1 N–H and O–H groups in total. The zero-order valence-corrected chi connectivity index (χ0v) is 13.5. The Labute approximate surface area is 131 Å². The van der Waals surface area contributed by atoms with Crippen molar-refractivity contribution in [3.63, 3.8) is 0 Å². The second kappa shape index (κ2) is 7.72. The van der Waals surface area contributed by atoms with Crippen LogP contribution in [0.1, 0.15) is 31.1 Å². The molecule has 0 amide bonds. The first-order valence-electron chi connectivity index (χ1n) is 7.74. The van der Waals surface area contributed by atoms with Gasteiger partial charge >= 0.3 is 0 Å². The summed E-state index contributed by atoms with van der Waals surface area (Å²) < 4.78 is 11.3. The number of hydrogen-bond donors (Lipinski definition) is 1. The molecule has 1 aromatic carbocycles. The van der Waals surface area contributed by atoms with Gasteiger partial charge in [0.25, 0.3) is 0 Å². The molecule has 5 nitrogen and oxygen atoms in total. The minimum atomic E-state index is -0.600. The lowest BCUT2D eigenvalue weighted by Crippen LogP contribution is -2.48. The van der Waals surface area contributed by atoms with E-state index in [1.165, 1.54) is 6.92 Å². The van der Waals surface area contributed by atoms with E-state index in [1.807, 2.05) is 19.9 Å². The van der Waals surface area contributed by atoms with Crippen LogP contribution in [0.4, 0.5) is 0 Å². The van der Waals surface area contributed by atoms with E-state index in [2.05, 4.69) is 4.90 Å². The molecule has 1 aromatic rings. The number of carbonyl (C=O) groups excluding carboxylic acids is 1. The molecule has 1 heterocycles. The molecule has 0 unspecified atom stereocenters. The normalized spacial score (nSPS) is 24.0. The van der Waals surface area contributed by atoms with E-state index in [1.54, 1.807) is 18.2 Å². The van der Waals surface area contributed by atoms with Gasteiger partial charge in [-0.25, -0.2) is 0 Å². The third kappa shape index (κ3) is 4.80. The maximum absolute atomic E-state index is 11.5. The summed E-state index contributed by atoms with van der Waals surface area (Å²) in [6.45, 7) is 7.92. The number of aliphatic hydroxyl groups excluding tert-OH is 1. The van der Waals surface area contributed by atoms with Crippen LogP contribution in [-0.2, 0) is 4.74 Å². The summed E-state index contributed by atoms with van der Waals surface area (Å²) in [6, 6.07) is 7.10. The summed E-state index contributed by atoms with van der Waals surface area (Å²) in [6.07, 6.45) is -0.247. The highest BCUT2D eigenvalue weighted by molar-refractivity contribution is 5.96. The maximum Gasteiger partial charge on any atom is 0.163 e. The quantitative estimate of drug-likeness (QED) is 0.811. The molecule has 122 valence electrons. The summed E-state index contributed by atoms with van der Waals surface area (Å²) in [5.74, 6) is 0.485. The summed E-state index contributed by atoms with van der Waals surface area (Å²) in [4.78, 5) is 13.7. The van der Waals surface area contributed by atoms with Crippen LogP contribution in [-0.4, -0.2) is 60.3 Å². The van der Waals surface area contributed by atoms with Gasteiger partial charge in [0.1, 0.15) is 18.5 Å². The number of carbonyl (C=O) groups is 1. The molecule has 1 aliphatic rings. The Morgan fingerprint density at radius 1 is 1.36 bits per heavy atom. The van der Waals surface area contributed by atoms with Crippen LogP contribution in [0.3, 0.4) is 0 Å². The number of hydrogen-bond acceptors (Lipinski definition) is 5. The average Bonchev–Trinajstić information content (AvgIpc) is 2.44. The number of para-hydroxylation sites is 1. The van der Waals surface area contributed by atoms with E-state index < -0.39 is 6.10 Å². The van der Waals surface area contributed by atoms with Crippen LogP contribution < -0.4 is 4.74 Å². The zero-order valence-electron chi connectivity index (χ0n) is 13.5. The van der Waals surface area contributed by atoms with Gasteiger partial charge in [-0.3, -0.25) is 9.69 Å². The van der Waals surface area contributed by atoms with Gasteiger partial charge in [-0.2, -0.15) is 0 Å². The second-order valence-electron chi connectivity index (χ2n) is 5.99. The topological polar surface area (TPSA) is 59.0 Å². The molecule has 0 aliphatic carbocycles. The van der Waals surface area contributed by atoms with Crippen LogP contribution in [0, 0.1) is 0 Å². The third-order valence-corrected chi connectivity index (χ3v) is 3.66. The van der Waals surface area contributed by atoms with Gasteiger partial charge < -0.3 is 14.6 Å². The van der Waals surface area contributed by atoms with Crippen LogP contribution in [0.25, 0.3) is 0 Å². The van der Waals surface area contributed by atoms with Crippen molar-refractivity contribution in [2.75, 3.05) is 26.2 Å². The Bertz CT molecular complexity index is 495. The molecule has 1 aliphatic heterocycles. The van der Waals surface area contributed by atoms with E-state index in [-0.39, 0.29) is 24.6 Å². The first-order valence-corrected chi connectivity index (χ1v) is 7.74. The molecular weight excluding hydrogens is 282 g/mol. The van der Waals surface area contributed by atoms with E-state index in [4.69, 9.17) is 9.47 Å². The minimum absolute atomic E-state index is 0.0408. The molecule has 0 radical (unpaired) electrons. The molecule has 3 atom stereocenters. The van der Waals surface area contributed by atoms with Crippen molar-refractivity contribution in [3.05, 3.63) is 29.8 Å². The molecule has 5 heteroatoms. The molecule has 1 saturated heterocycles. The summed E-state index contributed by atoms with van der Waals surface area (Å²) in [5.41, 5.74) is 0.545. The third-order valence-electron chi connectivity index (χ3n) is 3.66. The average molecular weight is 307 g/mol. The number of morpholine rings is 1. The van der Waals surface area contributed by atoms with Gasteiger partial charge in [0, 0.05) is 19.6 Å². The Kier molecular flexibility index (Phi) is 5.94. The molecule has 0 bridgehead atoms. The van der Waals surface area contributed by atoms with Gasteiger partial charge in [-0.1, -0.05) is 12.1 Å². The lowest BCUT2D eigenvalue weighted by atomic mass is 10.1. The predicted molar refractivity (Wildman–Crippen MR) is 84.4 cm³/mol. The minimum Gasteiger partial charge on any atom is -0.490 e. The van der Waals surface area contributed by atoms with E-state index in [9.17, 15) is 9.90 Å². The fraction of sp³-hybridized carbons (Fsp3) is 0.588. The number of rotatable bonds is 6. The number of nitrogens with zero attached hydrogens (tertiary/aromatic N) is 1.